The highest BCUT2D eigenvalue weighted by atomic mass is 16.7. The van der Waals surface area contributed by atoms with Crippen LogP contribution >= 0.6 is 0 Å². The molecule has 14 atom stereocenters. The molecule has 0 aromatic rings. The maximum absolute atomic E-state index is 12.5. The number of rotatable bonds is 6. The van der Waals surface area contributed by atoms with Gasteiger partial charge in [0.2, 0.25) is 0 Å². The third kappa shape index (κ3) is 11.6. The molecule has 4 aliphatic rings. The summed E-state index contributed by atoms with van der Waals surface area (Å²) in [6, 6.07) is -1.08. The normalized spacial score (nSPS) is 41.9. The lowest BCUT2D eigenvalue weighted by Gasteiger charge is -2.45. The van der Waals surface area contributed by atoms with Crippen LogP contribution in [0.4, 0.5) is 0 Å². The number of aliphatic hydroxyl groups is 5. The van der Waals surface area contributed by atoms with Crippen LogP contribution in [0.1, 0.15) is 65.2 Å². The number of allylic oxidation sites excluding steroid dienone is 6. The number of ether oxygens (including phenoxy) is 5. The summed E-state index contributed by atoms with van der Waals surface area (Å²) in [4.78, 5) is 24.8. The van der Waals surface area contributed by atoms with E-state index in [1.54, 1.807) is 43.4 Å². The van der Waals surface area contributed by atoms with E-state index in [1.165, 1.54) is 6.08 Å². The number of fused-ring (bicyclic) bond motifs is 3. The fourth-order valence-corrected chi connectivity index (χ4v) is 6.54. The highest BCUT2D eigenvalue weighted by Crippen LogP contribution is 2.39. The van der Waals surface area contributed by atoms with E-state index >= 15 is 0 Å². The van der Waals surface area contributed by atoms with Crippen molar-refractivity contribution >= 4 is 11.9 Å². The highest BCUT2D eigenvalue weighted by Gasteiger charge is 2.51. The minimum Gasteiger partial charge on any atom is -0.481 e. The number of carboxylic acid groups (broad SMARTS) is 1. The van der Waals surface area contributed by atoms with Gasteiger partial charge in [-0.05, 0) is 19.4 Å². The van der Waals surface area contributed by atoms with Crippen molar-refractivity contribution in [2.45, 2.75) is 144 Å². The molecule has 280 valence electrons. The Morgan fingerprint density at radius 2 is 1.70 bits per heavy atom. The van der Waals surface area contributed by atoms with Crippen molar-refractivity contribution in [3.8, 4) is 0 Å². The number of cyclic esters (lactones) is 1. The summed E-state index contributed by atoms with van der Waals surface area (Å²) >= 11 is 0. The zero-order valence-corrected chi connectivity index (χ0v) is 28.6. The number of esters is 1. The molecule has 0 amide bonds. The van der Waals surface area contributed by atoms with E-state index in [-0.39, 0.29) is 25.4 Å². The third-order valence-corrected chi connectivity index (χ3v) is 9.35. The molecule has 50 heavy (non-hydrogen) atoms. The summed E-state index contributed by atoms with van der Waals surface area (Å²) in [5, 5.41) is 64.2. The molecule has 0 unspecified atom stereocenters. The summed E-state index contributed by atoms with van der Waals surface area (Å²) in [5.41, 5.74) is 6.00. The van der Waals surface area contributed by atoms with Crippen LogP contribution in [0.3, 0.4) is 0 Å². The number of epoxide rings is 1. The number of carbonyl (C=O) groups excluding carboxylic acids is 1. The van der Waals surface area contributed by atoms with Gasteiger partial charge in [0.05, 0.1) is 48.8 Å². The predicted molar refractivity (Wildman–Crippen MR) is 179 cm³/mol. The van der Waals surface area contributed by atoms with Gasteiger partial charge in [0.1, 0.15) is 24.2 Å². The molecule has 14 nitrogen and oxygen atoms in total. The molecule has 4 aliphatic heterocycles. The van der Waals surface area contributed by atoms with Crippen molar-refractivity contribution in [1.82, 2.24) is 0 Å². The van der Waals surface area contributed by atoms with Crippen LogP contribution in [0.5, 0.6) is 0 Å². The number of carbonyl (C=O) groups is 2. The van der Waals surface area contributed by atoms with E-state index in [1.807, 2.05) is 18.2 Å². The van der Waals surface area contributed by atoms with E-state index in [4.69, 9.17) is 29.4 Å². The predicted octanol–water partition coefficient (Wildman–Crippen LogP) is 1.29. The van der Waals surface area contributed by atoms with Gasteiger partial charge < -0.3 is 60.1 Å². The second kappa shape index (κ2) is 18.6. The van der Waals surface area contributed by atoms with Crippen LogP contribution in [-0.4, -0.2) is 122 Å². The molecule has 4 rings (SSSR count). The van der Waals surface area contributed by atoms with Crippen LogP contribution in [-0.2, 0) is 33.3 Å². The third-order valence-electron chi connectivity index (χ3n) is 9.35. The Morgan fingerprint density at radius 1 is 0.980 bits per heavy atom. The van der Waals surface area contributed by atoms with Crippen molar-refractivity contribution in [2.24, 2.45) is 11.7 Å². The monoisotopic (exact) mass is 707 g/mol. The SMILES string of the molecule is CCCC[C@@H]1CC=CC=CC=CC=C[C@H](O[C@@H]2O[C@H](C)[C@H](O)[C@H](N)[C@@H]2O)C[C@H]2O[C@@](O)(C[C@H](O)C[C@@H]3O[C@@H]3C=CC(=O)O1)C[C@H](O)[C@@H]2C(=O)O. The number of aliphatic hydroxyl groups excluding tert-OH is 4. The molecular weight excluding hydrogens is 654 g/mol. The Labute approximate surface area is 292 Å². The van der Waals surface area contributed by atoms with Crippen LogP contribution in [0.25, 0.3) is 0 Å². The van der Waals surface area contributed by atoms with Gasteiger partial charge in [-0.2, -0.15) is 0 Å². The topological polar surface area (TPSA) is 231 Å². The maximum atomic E-state index is 12.5. The number of hydrogen-bond acceptors (Lipinski definition) is 13. The molecule has 0 saturated carbocycles. The van der Waals surface area contributed by atoms with Gasteiger partial charge in [-0.1, -0.05) is 68.4 Å². The minimum atomic E-state index is -2.10. The summed E-state index contributed by atoms with van der Waals surface area (Å²) in [5.74, 6) is -5.41. The number of nitrogens with two attached hydrogens (primary N) is 1. The Kier molecular flexibility index (Phi) is 14.9. The molecule has 2 bridgehead atoms. The minimum absolute atomic E-state index is 0.0816. The van der Waals surface area contributed by atoms with E-state index in [9.17, 15) is 40.2 Å². The first-order valence-corrected chi connectivity index (χ1v) is 17.4. The Balaban J connectivity index is 1.58. The quantitative estimate of drug-likeness (QED) is 0.152. The Morgan fingerprint density at radius 3 is 2.42 bits per heavy atom. The summed E-state index contributed by atoms with van der Waals surface area (Å²) in [7, 11) is 0. The first-order chi connectivity index (χ1) is 23.8. The highest BCUT2D eigenvalue weighted by molar-refractivity contribution is 5.82. The van der Waals surface area contributed by atoms with E-state index in [2.05, 4.69) is 6.92 Å². The first kappa shape index (κ1) is 40.0. The molecule has 3 fully saturated rings. The molecule has 0 aliphatic carbocycles. The summed E-state index contributed by atoms with van der Waals surface area (Å²) < 4.78 is 29.0. The fraction of sp³-hybridized carbons (Fsp3) is 0.667. The van der Waals surface area contributed by atoms with Gasteiger partial charge >= 0.3 is 11.9 Å². The van der Waals surface area contributed by atoms with Crippen LogP contribution in [0.2, 0.25) is 0 Å². The number of carboxylic acids is 1. The van der Waals surface area contributed by atoms with Crippen LogP contribution in [0.15, 0.2) is 60.8 Å². The van der Waals surface area contributed by atoms with Gasteiger partial charge in [-0.3, -0.25) is 4.79 Å². The fourth-order valence-electron chi connectivity index (χ4n) is 6.54. The Bertz CT molecular complexity index is 1270. The van der Waals surface area contributed by atoms with Gasteiger partial charge in [0, 0.05) is 38.2 Å². The second-order valence-electron chi connectivity index (χ2n) is 13.5. The molecule has 14 heteroatoms. The second-order valence-corrected chi connectivity index (χ2v) is 13.5. The standard InChI is InChI=1S/C36H53NO13/c1-3-4-12-23-13-10-8-6-5-7-9-11-14-24(48-35-33(42)31(37)32(41)21(2)46-35)18-28-30(34(43)44)25(39)20-36(45,50-28)19-22(38)17-27-26(49-27)15-16-29(40)47-23/h5-11,14-16,21-28,30-33,35,38-39,41-42,45H,3-4,12-13,17-20,37H2,1-2H3,(H,43,44)/t21-,22-,23-,24+,25+,26-,27+,28-,30+,31+,32+,33+,35+,36+/m1/s1. The zero-order valence-electron chi connectivity index (χ0n) is 28.6. The summed E-state index contributed by atoms with van der Waals surface area (Å²) in [6.07, 6.45) is 8.24. The van der Waals surface area contributed by atoms with Gasteiger partial charge in [0.25, 0.3) is 0 Å². The molecule has 0 aromatic heterocycles. The van der Waals surface area contributed by atoms with Gasteiger partial charge in [0.15, 0.2) is 12.1 Å². The van der Waals surface area contributed by atoms with Crippen molar-refractivity contribution in [3.63, 3.8) is 0 Å². The van der Waals surface area contributed by atoms with Crippen molar-refractivity contribution in [3.05, 3.63) is 60.8 Å². The molecule has 0 spiro atoms. The molecule has 0 radical (unpaired) electrons. The van der Waals surface area contributed by atoms with Crippen molar-refractivity contribution in [2.75, 3.05) is 0 Å². The Hall–Kier alpha value is -2.76. The van der Waals surface area contributed by atoms with Crippen LogP contribution in [0, 0.1) is 5.92 Å². The molecule has 4 heterocycles. The first-order valence-electron chi connectivity index (χ1n) is 17.4. The van der Waals surface area contributed by atoms with Crippen LogP contribution < -0.4 is 5.73 Å². The lowest BCUT2D eigenvalue weighted by molar-refractivity contribution is -0.308. The zero-order chi connectivity index (χ0) is 36.4. The number of unbranched alkanes of at least 4 members (excludes halogenated alkanes) is 1. The van der Waals surface area contributed by atoms with Gasteiger partial charge in [-0.25, -0.2) is 4.79 Å². The van der Waals surface area contributed by atoms with E-state index in [0.29, 0.717) is 6.42 Å². The number of aliphatic carboxylic acids is 1. The lowest BCUT2D eigenvalue weighted by Crippen LogP contribution is -2.61. The summed E-state index contributed by atoms with van der Waals surface area (Å²) in [6.45, 7) is 3.64. The molecule has 0 aromatic carbocycles. The van der Waals surface area contributed by atoms with E-state index in [0.717, 1.165) is 19.3 Å². The molecular formula is C36H53NO13. The molecule has 8 N–H and O–H groups in total. The largest absolute Gasteiger partial charge is 0.481 e. The average molecular weight is 708 g/mol. The lowest BCUT2D eigenvalue weighted by atomic mass is 9.83. The number of hydrogen-bond donors (Lipinski definition) is 7. The van der Waals surface area contributed by atoms with Crippen molar-refractivity contribution < 1.29 is 63.9 Å². The van der Waals surface area contributed by atoms with Crippen molar-refractivity contribution in [1.29, 1.82) is 0 Å². The smallest absolute Gasteiger partial charge is 0.330 e. The molecule has 3 saturated heterocycles. The van der Waals surface area contributed by atoms with E-state index < -0.39 is 97.3 Å². The average Bonchev–Trinajstić information content (AvgIpc) is 3.78. The maximum Gasteiger partial charge on any atom is 0.330 e. The van der Waals surface area contributed by atoms with Gasteiger partial charge in [-0.15, -0.1) is 0 Å².